The van der Waals surface area contributed by atoms with Crippen molar-refractivity contribution in [3.05, 3.63) is 34.4 Å². The summed E-state index contributed by atoms with van der Waals surface area (Å²) in [5, 5.41) is 10.6. The molecule has 1 unspecified atom stereocenters. The van der Waals surface area contributed by atoms with Crippen LogP contribution in [0.15, 0.2) is 34.2 Å². The molecule has 1 aliphatic rings. The Morgan fingerprint density at radius 2 is 2.15 bits per heavy atom. The van der Waals surface area contributed by atoms with E-state index in [-0.39, 0.29) is 22.8 Å². The van der Waals surface area contributed by atoms with Crippen molar-refractivity contribution in [2.24, 2.45) is 4.99 Å². The fourth-order valence-electron chi connectivity index (χ4n) is 1.95. The van der Waals surface area contributed by atoms with Crippen molar-refractivity contribution in [2.75, 3.05) is 5.75 Å². The summed E-state index contributed by atoms with van der Waals surface area (Å²) in [4.78, 5) is 15.6. The molecule has 0 N–H and O–H groups in total. The first-order valence-electron chi connectivity index (χ1n) is 6.65. The largest absolute Gasteiger partial charge is 0.477 e. The molecular formula is C14H18N2O3S. The van der Waals surface area contributed by atoms with Crippen LogP contribution in [0.1, 0.15) is 26.7 Å². The molecule has 0 radical (unpaired) electrons. The van der Waals surface area contributed by atoms with Gasteiger partial charge in [0.05, 0.1) is 4.92 Å². The van der Waals surface area contributed by atoms with Crippen molar-refractivity contribution < 1.29 is 9.66 Å². The van der Waals surface area contributed by atoms with Gasteiger partial charge in [-0.2, -0.15) is 0 Å². The van der Waals surface area contributed by atoms with Crippen LogP contribution in [-0.2, 0) is 4.74 Å². The topological polar surface area (TPSA) is 64.7 Å². The highest BCUT2D eigenvalue weighted by Crippen LogP contribution is 2.26. The first kappa shape index (κ1) is 14.8. The molecule has 1 aromatic rings. The number of hydrogen-bond acceptors (Lipinski definition) is 5. The zero-order valence-corrected chi connectivity index (χ0v) is 12.4. The summed E-state index contributed by atoms with van der Waals surface area (Å²) in [5.41, 5.74) is 0.123. The standard InChI is InChI=1S/C14H18N2O3S/c1-10(2)15-14-8-5-12(19-14)9-20-13-6-3-11(4-7-13)16(17)18/h3-4,6-7,10,12H,5,8-9H2,1-2H3. The third-order valence-corrected chi connectivity index (χ3v) is 4.01. The van der Waals surface area contributed by atoms with E-state index in [1.54, 1.807) is 23.9 Å². The number of ether oxygens (including phenoxy) is 1. The molecule has 0 spiro atoms. The van der Waals surface area contributed by atoms with Crippen molar-refractivity contribution in [1.29, 1.82) is 0 Å². The van der Waals surface area contributed by atoms with Gasteiger partial charge in [0.15, 0.2) is 5.90 Å². The Kier molecular flexibility index (Phi) is 5.00. The molecule has 1 aliphatic heterocycles. The summed E-state index contributed by atoms with van der Waals surface area (Å²) in [6, 6.07) is 6.89. The summed E-state index contributed by atoms with van der Waals surface area (Å²) < 4.78 is 5.78. The second-order valence-corrected chi connectivity index (χ2v) is 6.05. The number of hydrogen-bond donors (Lipinski definition) is 0. The quantitative estimate of drug-likeness (QED) is 0.472. The molecule has 2 rings (SSSR count). The smallest absolute Gasteiger partial charge is 0.269 e. The lowest BCUT2D eigenvalue weighted by Crippen LogP contribution is -2.10. The van der Waals surface area contributed by atoms with E-state index in [1.165, 1.54) is 12.1 Å². The molecular weight excluding hydrogens is 276 g/mol. The SMILES string of the molecule is CC(C)N=C1CCC(CSc2ccc([N+](=O)[O-])cc2)O1. The molecule has 5 nitrogen and oxygen atoms in total. The number of nitrogens with zero attached hydrogens (tertiary/aromatic N) is 2. The lowest BCUT2D eigenvalue weighted by atomic mass is 10.2. The van der Waals surface area contributed by atoms with Gasteiger partial charge in [0, 0.05) is 35.2 Å². The van der Waals surface area contributed by atoms with Gasteiger partial charge in [-0.1, -0.05) is 0 Å². The third kappa shape index (κ3) is 4.23. The molecule has 6 heteroatoms. The normalized spacial score (nSPS) is 20.4. The van der Waals surface area contributed by atoms with Crippen LogP contribution in [0.5, 0.6) is 0 Å². The fraction of sp³-hybridized carbons (Fsp3) is 0.500. The van der Waals surface area contributed by atoms with Gasteiger partial charge in [-0.05, 0) is 32.4 Å². The average molecular weight is 294 g/mol. The van der Waals surface area contributed by atoms with Crippen LogP contribution in [-0.4, -0.2) is 28.7 Å². The summed E-state index contributed by atoms with van der Waals surface area (Å²) in [6.07, 6.45) is 2.09. The Morgan fingerprint density at radius 3 is 2.75 bits per heavy atom. The number of thioether (sulfide) groups is 1. The summed E-state index contributed by atoms with van der Waals surface area (Å²) in [7, 11) is 0. The van der Waals surface area contributed by atoms with E-state index in [0.717, 1.165) is 29.4 Å². The highest BCUT2D eigenvalue weighted by atomic mass is 32.2. The summed E-state index contributed by atoms with van der Waals surface area (Å²) in [5.74, 6) is 1.70. The van der Waals surface area contributed by atoms with E-state index in [4.69, 9.17) is 4.74 Å². The summed E-state index contributed by atoms with van der Waals surface area (Å²) in [6.45, 7) is 4.07. The highest BCUT2D eigenvalue weighted by Gasteiger charge is 2.22. The van der Waals surface area contributed by atoms with Crippen molar-refractivity contribution in [3.63, 3.8) is 0 Å². The Bertz CT molecular complexity index is 500. The predicted octanol–water partition coefficient (Wildman–Crippen LogP) is 3.67. The average Bonchev–Trinajstić information content (AvgIpc) is 2.83. The minimum atomic E-state index is -0.386. The zero-order chi connectivity index (χ0) is 14.5. The molecule has 1 aromatic carbocycles. The third-order valence-electron chi connectivity index (χ3n) is 2.87. The lowest BCUT2D eigenvalue weighted by molar-refractivity contribution is -0.384. The predicted molar refractivity (Wildman–Crippen MR) is 80.5 cm³/mol. The van der Waals surface area contributed by atoms with Crippen LogP contribution in [0.4, 0.5) is 5.69 Å². The van der Waals surface area contributed by atoms with E-state index in [2.05, 4.69) is 4.99 Å². The zero-order valence-electron chi connectivity index (χ0n) is 11.6. The molecule has 0 amide bonds. The molecule has 0 saturated carbocycles. The van der Waals surface area contributed by atoms with Crippen LogP contribution in [0.3, 0.4) is 0 Å². The number of aliphatic imine (C=N–C) groups is 1. The molecule has 108 valence electrons. The Hall–Kier alpha value is -1.56. The maximum atomic E-state index is 10.6. The Labute approximate surface area is 122 Å². The van der Waals surface area contributed by atoms with Crippen molar-refractivity contribution in [3.8, 4) is 0 Å². The minimum Gasteiger partial charge on any atom is -0.477 e. The van der Waals surface area contributed by atoms with Gasteiger partial charge in [0.1, 0.15) is 6.10 Å². The minimum absolute atomic E-state index is 0.123. The van der Waals surface area contributed by atoms with Crippen molar-refractivity contribution in [2.45, 2.75) is 43.7 Å². The molecule has 20 heavy (non-hydrogen) atoms. The van der Waals surface area contributed by atoms with Gasteiger partial charge in [-0.15, -0.1) is 11.8 Å². The van der Waals surface area contributed by atoms with Crippen molar-refractivity contribution >= 4 is 23.3 Å². The maximum Gasteiger partial charge on any atom is 0.269 e. The van der Waals surface area contributed by atoms with Crippen LogP contribution in [0.2, 0.25) is 0 Å². The van der Waals surface area contributed by atoms with E-state index in [0.29, 0.717) is 0 Å². The first-order valence-corrected chi connectivity index (χ1v) is 7.63. The number of nitro groups is 1. The summed E-state index contributed by atoms with van der Waals surface area (Å²) >= 11 is 1.66. The van der Waals surface area contributed by atoms with Gasteiger partial charge < -0.3 is 4.74 Å². The van der Waals surface area contributed by atoms with E-state index in [1.807, 2.05) is 13.8 Å². The second kappa shape index (κ2) is 6.74. The highest BCUT2D eigenvalue weighted by molar-refractivity contribution is 7.99. The molecule has 1 saturated heterocycles. The van der Waals surface area contributed by atoms with Gasteiger partial charge in [0.25, 0.3) is 5.69 Å². The van der Waals surface area contributed by atoms with Crippen LogP contribution >= 0.6 is 11.8 Å². The van der Waals surface area contributed by atoms with E-state index >= 15 is 0 Å². The maximum absolute atomic E-state index is 10.6. The fourth-order valence-corrected chi connectivity index (χ4v) is 2.89. The Morgan fingerprint density at radius 1 is 1.45 bits per heavy atom. The monoisotopic (exact) mass is 294 g/mol. The number of non-ortho nitro benzene ring substituents is 1. The van der Waals surface area contributed by atoms with Gasteiger partial charge in [-0.3, -0.25) is 15.1 Å². The molecule has 0 aromatic heterocycles. The molecule has 0 bridgehead atoms. The van der Waals surface area contributed by atoms with E-state index in [9.17, 15) is 10.1 Å². The van der Waals surface area contributed by atoms with Crippen LogP contribution in [0, 0.1) is 10.1 Å². The molecule has 1 fully saturated rings. The van der Waals surface area contributed by atoms with Gasteiger partial charge in [0.2, 0.25) is 0 Å². The van der Waals surface area contributed by atoms with Crippen LogP contribution < -0.4 is 0 Å². The van der Waals surface area contributed by atoms with Gasteiger partial charge in [-0.25, -0.2) is 0 Å². The van der Waals surface area contributed by atoms with E-state index < -0.39 is 0 Å². The molecule has 0 aliphatic carbocycles. The Balaban J connectivity index is 1.83. The second-order valence-electron chi connectivity index (χ2n) is 4.96. The van der Waals surface area contributed by atoms with Crippen molar-refractivity contribution in [1.82, 2.24) is 0 Å². The van der Waals surface area contributed by atoms with Crippen LogP contribution in [0.25, 0.3) is 0 Å². The van der Waals surface area contributed by atoms with Gasteiger partial charge >= 0.3 is 0 Å². The first-order chi connectivity index (χ1) is 9.54. The number of benzene rings is 1. The molecule has 1 atom stereocenters. The number of nitro benzene ring substituents is 1. The lowest BCUT2D eigenvalue weighted by Gasteiger charge is -2.10. The molecule has 1 heterocycles. The number of rotatable bonds is 5.